The van der Waals surface area contributed by atoms with Gasteiger partial charge in [-0.15, -0.1) is 0 Å². The van der Waals surface area contributed by atoms with Crippen molar-refractivity contribution in [3.63, 3.8) is 0 Å². The summed E-state index contributed by atoms with van der Waals surface area (Å²) < 4.78 is 1.88. The number of likely N-dealkylation sites (tertiary alicyclic amines) is 2. The summed E-state index contributed by atoms with van der Waals surface area (Å²) >= 11 is 15.0. The van der Waals surface area contributed by atoms with Gasteiger partial charge in [-0.2, -0.15) is 0 Å². The molecule has 2 aliphatic heterocycles. The second kappa shape index (κ2) is 18.0. The van der Waals surface area contributed by atoms with Gasteiger partial charge in [-0.1, -0.05) is 0 Å². The second-order valence-electron chi connectivity index (χ2n) is 12.3. The van der Waals surface area contributed by atoms with Gasteiger partial charge in [-0.25, -0.2) is 0 Å². The maximum atomic E-state index is 5.78. The monoisotopic (exact) mass is 1110 g/mol. The van der Waals surface area contributed by atoms with Gasteiger partial charge in [0.05, 0.1) is 0 Å². The molecule has 0 N–H and O–H groups in total. The number of hydrogen-bond donors (Lipinski definition) is 0. The Bertz CT molecular complexity index is 1410. The molecule has 2 radical (unpaired) electrons. The molecule has 2 heterocycles. The van der Waals surface area contributed by atoms with Crippen LogP contribution in [-0.2, 0) is 44.8 Å². The van der Waals surface area contributed by atoms with E-state index in [1.54, 1.807) is 22.8 Å². The molecule has 0 amide bonds. The predicted octanol–water partition coefficient (Wildman–Crippen LogP) is 9.60. The molecule has 0 aliphatic carbocycles. The SMILES string of the molecule is [Au].[Au].[CH2-]P([CH2-])(SC(=S)N1CCCC1)(c1ccccc1)c1ccccc1.[CH2-]P([CH2-])(SC(=S)N1CCCC1)(c1ccccc1)c1ccccc1. The van der Waals surface area contributed by atoms with Gasteiger partial charge < -0.3 is 0 Å². The molecular formula is C38H44Au2N2P2S4-4. The van der Waals surface area contributed by atoms with Crippen molar-refractivity contribution in [3.05, 3.63) is 148 Å². The molecule has 0 spiro atoms. The summed E-state index contributed by atoms with van der Waals surface area (Å²) in [4.78, 5) is 4.62. The van der Waals surface area contributed by atoms with E-state index in [-0.39, 0.29) is 44.8 Å². The molecular weight excluding hydrogens is 1070 g/mol. The van der Waals surface area contributed by atoms with Crippen molar-refractivity contribution in [2.24, 2.45) is 0 Å². The second-order valence-corrected chi connectivity index (χ2v) is 28.8. The van der Waals surface area contributed by atoms with Crippen LogP contribution in [-0.4, -0.2) is 44.6 Å². The van der Waals surface area contributed by atoms with Crippen molar-refractivity contribution in [2.45, 2.75) is 25.7 Å². The summed E-state index contributed by atoms with van der Waals surface area (Å²) in [5, 5.41) is 4.76. The van der Waals surface area contributed by atoms with Crippen LogP contribution in [0.25, 0.3) is 0 Å². The Labute approximate surface area is 339 Å². The van der Waals surface area contributed by atoms with Crippen LogP contribution in [0.1, 0.15) is 25.7 Å². The zero-order valence-corrected chi connectivity index (χ0v) is 36.4. The van der Waals surface area contributed by atoms with E-state index >= 15 is 0 Å². The number of thiocarbonyl (C=S) groups is 2. The van der Waals surface area contributed by atoms with Gasteiger partial charge >= 0.3 is 298 Å². The van der Waals surface area contributed by atoms with Crippen molar-refractivity contribution >= 4 is 88.7 Å². The molecule has 2 aliphatic rings. The Morgan fingerprint density at radius 1 is 0.438 bits per heavy atom. The van der Waals surface area contributed by atoms with E-state index in [1.165, 1.54) is 46.9 Å². The van der Waals surface area contributed by atoms with Crippen molar-refractivity contribution in [2.75, 3.05) is 26.2 Å². The summed E-state index contributed by atoms with van der Waals surface area (Å²) in [5.41, 5.74) is 0. The first-order valence-electron chi connectivity index (χ1n) is 15.7. The average Bonchev–Trinajstić information content (AvgIpc) is 3.83. The molecule has 2 nitrogen and oxygen atoms in total. The fourth-order valence-corrected chi connectivity index (χ4v) is 21.0. The van der Waals surface area contributed by atoms with Crippen LogP contribution >= 0.6 is 58.8 Å². The third-order valence-electron chi connectivity index (χ3n) is 8.75. The van der Waals surface area contributed by atoms with Gasteiger partial charge in [-0.3, -0.25) is 0 Å². The summed E-state index contributed by atoms with van der Waals surface area (Å²) in [6.45, 7) is 23.1. The van der Waals surface area contributed by atoms with Crippen LogP contribution in [0.4, 0.5) is 0 Å². The Balaban J connectivity index is 0.000000250. The van der Waals surface area contributed by atoms with Gasteiger partial charge in [-0.05, 0) is 0 Å². The molecule has 2 saturated heterocycles. The molecule has 0 saturated carbocycles. The van der Waals surface area contributed by atoms with Gasteiger partial charge in [0.15, 0.2) is 0 Å². The standard InChI is InChI=1S/2C19H22NPS2.2Au/c2*1-21(2,17-11-5-3-6-12-17,18-13-7-4-8-14-18)23-19(22)20-15-9-10-16-20;;/h2*3-8,11-14H,1-2,9-10,15-16H2;;/q2*-2;;. The van der Waals surface area contributed by atoms with Gasteiger partial charge in [0, 0.05) is 44.8 Å². The average molecular weight is 1110 g/mol. The summed E-state index contributed by atoms with van der Waals surface area (Å²) in [6, 6.07) is 41.8. The molecule has 0 aromatic heterocycles. The van der Waals surface area contributed by atoms with Crippen molar-refractivity contribution < 1.29 is 44.8 Å². The Morgan fingerprint density at radius 2 is 0.646 bits per heavy atom. The van der Waals surface area contributed by atoms with Crippen LogP contribution in [0.5, 0.6) is 0 Å². The van der Waals surface area contributed by atoms with E-state index in [9.17, 15) is 0 Å². The van der Waals surface area contributed by atoms with E-state index in [1.807, 2.05) is 24.3 Å². The van der Waals surface area contributed by atoms with Crippen LogP contribution in [0, 0.1) is 26.7 Å². The fourth-order valence-electron chi connectivity index (χ4n) is 5.90. The Hall–Kier alpha value is -0.299. The first-order valence-corrected chi connectivity index (χ1v) is 24.6. The molecule has 2 fully saturated rings. The van der Waals surface area contributed by atoms with Gasteiger partial charge in [0.25, 0.3) is 0 Å². The molecule has 10 heteroatoms. The Kier molecular flexibility index (Phi) is 15.8. The molecule has 4 aromatic rings. The third kappa shape index (κ3) is 9.57. The number of hydrogen-bond acceptors (Lipinski definition) is 4. The predicted molar refractivity (Wildman–Crippen MR) is 222 cm³/mol. The number of benzene rings is 4. The molecule has 4 aromatic carbocycles. The first kappa shape index (κ1) is 42.1. The topological polar surface area (TPSA) is 6.48 Å². The summed E-state index contributed by atoms with van der Waals surface area (Å²) in [6.07, 6.45) is 4.90. The maximum absolute atomic E-state index is 5.78. The molecule has 266 valence electrons. The number of rotatable bonds is 6. The summed E-state index contributed by atoms with van der Waals surface area (Å²) in [7, 11) is 0. The van der Waals surface area contributed by atoms with Crippen LogP contribution in [0.3, 0.4) is 0 Å². The van der Waals surface area contributed by atoms with Crippen molar-refractivity contribution in [3.8, 4) is 0 Å². The minimum atomic E-state index is -2.89. The van der Waals surface area contributed by atoms with Crippen LogP contribution in [0.2, 0.25) is 0 Å². The van der Waals surface area contributed by atoms with Crippen molar-refractivity contribution in [1.29, 1.82) is 0 Å². The quantitative estimate of drug-likeness (QED) is 0.0817. The van der Waals surface area contributed by atoms with Gasteiger partial charge in [0.1, 0.15) is 0 Å². The minimum absolute atomic E-state index is 0. The van der Waals surface area contributed by atoms with Gasteiger partial charge in [0.2, 0.25) is 0 Å². The van der Waals surface area contributed by atoms with E-state index in [4.69, 9.17) is 51.1 Å². The van der Waals surface area contributed by atoms with E-state index in [0.717, 1.165) is 34.8 Å². The van der Waals surface area contributed by atoms with E-state index < -0.39 is 11.6 Å². The zero-order chi connectivity index (χ0) is 32.7. The summed E-state index contributed by atoms with van der Waals surface area (Å²) in [5.74, 6) is -5.79. The third-order valence-corrected chi connectivity index (χ3v) is 24.4. The molecule has 6 rings (SSSR count). The molecule has 48 heavy (non-hydrogen) atoms. The van der Waals surface area contributed by atoms with Crippen LogP contribution in [0.15, 0.2) is 121 Å². The molecule has 0 unspecified atom stereocenters. The normalized spacial score (nSPS) is 16.1. The fraction of sp³-hybridized carbons (Fsp3) is 0.211. The Morgan fingerprint density at radius 3 is 0.854 bits per heavy atom. The number of nitrogens with zero attached hydrogens (tertiary/aromatic N) is 2. The van der Waals surface area contributed by atoms with E-state index in [2.05, 4.69) is 107 Å². The van der Waals surface area contributed by atoms with Crippen molar-refractivity contribution in [1.82, 2.24) is 9.80 Å². The molecule has 0 bridgehead atoms. The first-order chi connectivity index (χ1) is 22.0. The van der Waals surface area contributed by atoms with E-state index in [0.29, 0.717) is 0 Å². The zero-order valence-electron chi connectivity index (χ0n) is 27.1. The van der Waals surface area contributed by atoms with Crippen LogP contribution < -0.4 is 21.2 Å². The molecule has 0 atom stereocenters.